The molecular weight excluding hydrogens is 482 g/mol. The number of ether oxygens (including phenoxy) is 1. The molecule has 0 saturated carbocycles. The van der Waals surface area contributed by atoms with Crippen LogP contribution in [0.15, 0.2) is 52.3 Å². The van der Waals surface area contributed by atoms with Crippen molar-refractivity contribution < 1.29 is 9.53 Å². The fourth-order valence-corrected chi connectivity index (χ4v) is 4.17. The molecule has 0 bridgehead atoms. The molecule has 1 amide bonds. The van der Waals surface area contributed by atoms with Gasteiger partial charge in [0.15, 0.2) is 11.5 Å². The molecule has 31 heavy (non-hydrogen) atoms. The van der Waals surface area contributed by atoms with Crippen molar-refractivity contribution >= 4 is 45.5 Å². The third kappa shape index (κ3) is 3.85. The number of carbonyl (C=O) groups is 1. The highest BCUT2D eigenvalue weighted by atomic mass is 79.9. The Balaban J connectivity index is 1.58. The molecule has 2 aliphatic heterocycles. The summed E-state index contributed by atoms with van der Waals surface area (Å²) < 4.78 is 8.09. The molecule has 0 aliphatic carbocycles. The van der Waals surface area contributed by atoms with Crippen LogP contribution in [0.4, 0.5) is 5.69 Å². The Morgan fingerprint density at radius 1 is 1.19 bits per heavy atom. The Labute approximate surface area is 191 Å². The standard InChI is InChI=1S/C20H18BrN7O2S/c21-14-1-2-16-15(11-14)17(19(29)27(16)12-26-7-9-30-10-8-26)25-28-18(23-24-20(28)31)13-3-5-22-6-4-13/h1-6,11H,7-10,12H2,(H,24,31)/b25-17+. The molecule has 3 aromatic rings. The zero-order chi connectivity index (χ0) is 21.4. The Kier molecular flexibility index (Phi) is 5.48. The van der Waals surface area contributed by atoms with Gasteiger partial charge in [0.1, 0.15) is 0 Å². The molecule has 4 heterocycles. The van der Waals surface area contributed by atoms with Crippen molar-refractivity contribution in [1.82, 2.24) is 24.8 Å². The van der Waals surface area contributed by atoms with Gasteiger partial charge in [-0.3, -0.25) is 19.6 Å². The van der Waals surface area contributed by atoms with Crippen LogP contribution in [0.1, 0.15) is 5.56 Å². The topological polar surface area (TPSA) is 91.6 Å². The highest BCUT2D eigenvalue weighted by molar-refractivity contribution is 9.10. The maximum atomic E-state index is 13.5. The van der Waals surface area contributed by atoms with Crippen molar-refractivity contribution in [3.8, 4) is 11.4 Å². The van der Waals surface area contributed by atoms with Crippen LogP contribution in [-0.4, -0.2) is 69.3 Å². The number of anilines is 1. The van der Waals surface area contributed by atoms with Gasteiger partial charge in [0.25, 0.3) is 5.91 Å². The first-order valence-electron chi connectivity index (χ1n) is 9.70. The number of nitrogens with zero attached hydrogens (tertiary/aromatic N) is 6. The van der Waals surface area contributed by atoms with Crippen LogP contribution in [0.5, 0.6) is 0 Å². The molecule has 1 fully saturated rings. The smallest absolute Gasteiger partial charge is 0.280 e. The molecule has 0 radical (unpaired) electrons. The van der Waals surface area contributed by atoms with Crippen LogP contribution >= 0.6 is 28.1 Å². The number of benzene rings is 1. The molecule has 0 unspecified atom stereocenters. The second-order valence-electron chi connectivity index (χ2n) is 7.12. The zero-order valence-electron chi connectivity index (χ0n) is 16.4. The number of rotatable bonds is 4. The Morgan fingerprint density at radius 2 is 1.97 bits per heavy atom. The van der Waals surface area contributed by atoms with E-state index in [2.05, 4.69) is 41.1 Å². The van der Waals surface area contributed by atoms with Crippen LogP contribution < -0.4 is 4.90 Å². The SMILES string of the molecule is O=C1/C(=N/n2c(-c3ccncc3)n[nH]c2=S)c2cc(Br)ccc2N1CN1CCOCC1. The molecule has 1 saturated heterocycles. The van der Waals surface area contributed by atoms with Crippen LogP contribution in [0, 0.1) is 4.77 Å². The summed E-state index contributed by atoms with van der Waals surface area (Å²) >= 11 is 8.91. The Hall–Kier alpha value is -2.73. The van der Waals surface area contributed by atoms with Crippen LogP contribution in [0.3, 0.4) is 0 Å². The molecule has 5 rings (SSSR count). The number of morpholine rings is 1. The first kappa shape index (κ1) is 20.2. The van der Waals surface area contributed by atoms with Gasteiger partial charge in [-0.05, 0) is 42.5 Å². The molecule has 0 spiro atoms. The summed E-state index contributed by atoms with van der Waals surface area (Å²) in [6, 6.07) is 9.38. The summed E-state index contributed by atoms with van der Waals surface area (Å²) in [6.07, 6.45) is 3.34. The van der Waals surface area contributed by atoms with Crippen molar-refractivity contribution in [1.29, 1.82) is 0 Å². The normalized spacial score (nSPS) is 18.0. The molecular formula is C20H18BrN7O2S. The van der Waals surface area contributed by atoms with E-state index in [4.69, 9.17) is 17.0 Å². The van der Waals surface area contributed by atoms with E-state index < -0.39 is 0 Å². The summed E-state index contributed by atoms with van der Waals surface area (Å²) in [6.45, 7) is 3.36. The van der Waals surface area contributed by atoms with Crippen molar-refractivity contribution in [3.05, 3.63) is 57.5 Å². The number of nitrogens with one attached hydrogen (secondary N) is 1. The van der Waals surface area contributed by atoms with Crippen LogP contribution in [-0.2, 0) is 9.53 Å². The first-order chi connectivity index (χ1) is 15.1. The number of fused-ring (bicyclic) bond motifs is 1. The quantitative estimate of drug-likeness (QED) is 0.554. The van der Waals surface area contributed by atoms with E-state index in [-0.39, 0.29) is 5.91 Å². The minimum Gasteiger partial charge on any atom is -0.379 e. The van der Waals surface area contributed by atoms with Gasteiger partial charge in [0.2, 0.25) is 4.77 Å². The number of H-pyrrole nitrogens is 1. The Bertz CT molecular complexity index is 1220. The van der Waals surface area contributed by atoms with Gasteiger partial charge in [-0.1, -0.05) is 15.9 Å². The monoisotopic (exact) mass is 499 g/mol. The lowest BCUT2D eigenvalue weighted by Gasteiger charge is -2.30. The minimum absolute atomic E-state index is 0.177. The Morgan fingerprint density at radius 3 is 2.74 bits per heavy atom. The van der Waals surface area contributed by atoms with E-state index in [1.807, 2.05) is 30.3 Å². The summed E-state index contributed by atoms with van der Waals surface area (Å²) in [5.41, 5.74) is 2.67. The predicted molar refractivity (Wildman–Crippen MR) is 121 cm³/mol. The molecule has 1 aromatic carbocycles. The molecule has 2 aliphatic rings. The third-order valence-electron chi connectivity index (χ3n) is 5.19. The van der Waals surface area contributed by atoms with E-state index in [1.54, 1.807) is 17.3 Å². The number of aromatic nitrogens is 4. The second kappa shape index (κ2) is 8.42. The van der Waals surface area contributed by atoms with Gasteiger partial charge in [0, 0.05) is 41.1 Å². The number of halogens is 1. The number of amides is 1. The number of pyridine rings is 1. The van der Waals surface area contributed by atoms with E-state index in [0.717, 1.165) is 34.4 Å². The summed E-state index contributed by atoms with van der Waals surface area (Å²) in [4.78, 5) is 21.5. The molecule has 2 aromatic heterocycles. The fraction of sp³-hybridized carbons (Fsp3) is 0.250. The number of carbonyl (C=O) groups excluding carboxylic acids is 1. The third-order valence-corrected chi connectivity index (χ3v) is 5.94. The van der Waals surface area contributed by atoms with E-state index in [0.29, 0.717) is 36.2 Å². The van der Waals surface area contributed by atoms with Gasteiger partial charge in [-0.15, -0.1) is 0 Å². The average Bonchev–Trinajstić information content (AvgIpc) is 3.28. The summed E-state index contributed by atoms with van der Waals surface area (Å²) in [5, 5.41) is 11.7. The molecule has 158 valence electrons. The van der Waals surface area contributed by atoms with Crippen LogP contribution in [0.25, 0.3) is 11.4 Å². The predicted octanol–water partition coefficient (Wildman–Crippen LogP) is 2.65. The van der Waals surface area contributed by atoms with Crippen LogP contribution in [0.2, 0.25) is 0 Å². The molecule has 9 nitrogen and oxygen atoms in total. The lowest BCUT2D eigenvalue weighted by atomic mass is 10.1. The van der Waals surface area contributed by atoms with Gasteiger partial charge in [-0.25, -0.2) is 5.10 Å². The van der Waals surface area contributed by atoms with Crippen molar-refractivity contribution in [2.45, 2.75) is 0 Å². The second-order valence-corrected chi connectivity index (χ2v) is 8.42. The van der Waals surface area contributed by atoms with Gasteiger partial charge in [0.05, 0.1) is 25.6 Å². The summed E-state index contributed by atoms with van der Waals surface area (Å²) in [7, 11) is 0. The number of aromatic amines is 1. The number of hydrogen-bond acceptors (Lipinski definition) is 7. The maximum Gasteiger partial charge on any atom is 0.280 e. The fourth-order valence-electron chi connectivity index (χ4n) is 3.64. The molecule has 0 atom stereocenters. The lowest BCUT2D eigenvalue weighted by Crippen LogP contribution is -2.46. The maximum absolute atomic E-state index is 13.5. The molecule has 11 heteroatoms. The highest BCUT2D eigenvalue weighted by Crippen LogP contribution is 2.32. The van der Waals surface area contributed by atoms with Gasteiger partial charge in [-0.2, -0.15) is 14.9 Å². The van der Waals surface area contributed by atoms with Gasteiger partial charge < -0.3 is 4.74 Å². The first-order valence-corrected chi connectivity index (χ1v) is 10.9. The van der Waals surface area contributed by atoms with Crippen molar-refractivity contribution in [3.63, 3.8) is 0 Å². The van der Waals surface area contributed by atoms with E-state index in [1.165, 1.54) is 4.68 Å². The average molecular weight is 500 g/mol. The largest absolute Gasteiger partial charge is 0.379 e. The van der Waals surface area contributed by atoms with Crippen molar-refractivity contribution in [2.24, 2.45) is 5.10 Å². The van der Waals surface area contributed by atoms with E-state index >= 15 is 0 Å². The van der Waals surface area contributed by atoms with Crippen molar-refractivity contribution in [2.75, 3.05) is 37.9 Å². The molecule has 1 N–H and O–H groups in total. The zero-order valence-corrected chi connectivity index (χ0v) is 18.8. The summed E-state index contributed by atoms with van der Waals surface area (Å²) in [5.74, 6) is 0.333. The van der Waals surface area contributed by atoms with E-state index in [9.17, 15) is 4.79 Å². The highest BCUT2D eigenvalue weighted by Gasteiger charge is 2.36. The number of hydrogen-bond donors (Lipinski definition) is 1. The lowest BCUT2D eigenvalue weighted by molar-refractivity contribution is -0.112. The van der Waals surface area contributed by atoms with Gasteiger partial charge >= 0.3 is 0 Å². The minimum atomic E-state index is -0.177.